The van der Waals surface area contributed by atoms with E-state index in [1.54, 1.807) is 0 Å². The maximum absolute atomic E-state index is 3.57. The quantitative estimate of drug-likeness (QED) is 0.852. The molecule has 0 aromatic heterocycles. The first-order chi connectivity index (χ1) is 9.26. The molecule has 0 atom stereocenters. The van der Waals surface area contributed by atoms with E-state index in [4.69, 9.17) is 0 Å². The lowest BCUT2D eigenvalue weighted by Crippen LogP contribution is -1.92. The lowest BCUT2D eigenvalue weighted by atomic mass is 10.1. The van der Waals surface area contributed by atoms with Crippen LogP contribution in [0.1, 0.15) is 11.1 Å². The van der Waals surface area contributed by atoms with Gasteiger partial charge in [0.1, 0.15) is 0 Å². The van der Waals surface area contributed by atoms with Crippen LogP contribution >= 0.6 is 15.9 Å². The van der Waals surface area contributed by atoms with Crippen molar-refractivity contribution in [2.45, 2.75) is 6.42 Å². The van der Waals surface area contributed by atoms with Gasteiger partial charge in [-0.2, -0.15) is 0 Å². The van der Waals surface area contributed by atoms with Gasteiger partial charge in [0.2, 0.25) is 0 Å². The van der Waals surface area contributed by atoms with Crippen LogP contribution in [0, 0.1) is 0 Å². The van der Waals surface area contributed by atoms with Gasteiger partial charge in [-0.25, -0.2) is 0 Å². The molecule has 3 rings (SSSR count). The molecule has 1 aliphatic heterocycles. The summed E-state index contributed by atoms with van der Waals surface area (Å²) < 4.78 is 1.08. The van der Waals surface area contributed by atoms with Crippen LogP contribution in [0.4, 0.5) is 11.4 Å². The van der Waals surface area contributed by atoms with Gasteiger partial charge in [-0.05, 0) is 51.3 Å². The third-order valence-electron chi connectivity index (χ3n) is 3.30. The number of benzene rings is 2. The van der Waals surface area contributed by atoms with E-state index in [-0.39, 0.29) is 0 Å². The second-order valence-electron chi connectivity index (χ2n) is 4.62. The minimum absolute atomic E-state index is 0.974. The molecule has 0 saturated carbocycles. The van der Waals surface area contributed by atoms with Gasteiger partial charge in [-0.3, -0.25) is 0 Å². The van der Waals surface area contributed by atoms with E-state index in [0.29, 0.717) is 0 Å². The molecule has 0 amide bonds. The predicted molar refractivity (Wildman–Crippen MR) is 85.4 cm³/mol. The summed E-state index contributed by atoms with van der Waals surface area (Å²) in [5.74, 6) is 0. The third-order valence-corrected chi connectivity index (χ3v) is 3.95. The first-order valence-electron chi connectivity index (χ1n) is 6.29. The third kappa shape index (κ3) is 2.51. The molecular weight excluding hydrogens is 300 g/mol. The summed E-state index contributed by atoms with van der Waals surface area (Å²) in [7, 11) is 1.92. The van der Waals surface area contributed by atoms with Crippen molar-refractivity contribution < 1.29 is 0 Å². The Balaban J connectivity index is 1.86. The van der Waals surface area contributed by atoms with Gasteiger partial charge in [-0.1, -0.05) is 24.3 Å². The maximum Gasteiger partial charge on any atom is 0.0482 e. The molecule has 0 aliphatic carbocycles. The van der Waals surface area contributed by atoms with Crippen molar-refractivity contribution in [1.82, 2.24) is 0 Å². The van der Waals surface area contributed by atoms with Crippen LogP contribution < -0.4 is 10.6 Å². The van der Waals surface area contributed by atoms with E-state index >= 15 is 0 Å². The van der Waals surface area contributed by atoms with E-state index in [0.717, 1.165) is 16.6 Å². The molecule has 0 saturated heterocycles. The molecule has 0 bridgehead atoms. The second kappa shape index (κ2) is 5.10. The molecule has 96 valence electrons. The van der Waals surface area contributed by atoms with Crippen LogP contribution in [0.5, 0.6) is 0 Å². The molecule has 2 N–H and O–H groups in total. The highest BCUT2D eigenvalue weighted by Gasteiger charge is 2.13. The van der Waals surface area contributed by atoms with Crippen molar-refractivity contribution in [3.63, 3.8) is 0 Å². The van der Waals surface area contributed by atoms with Crippen LogP contribution in [0.15, 0.2) is 52.6 Å². The average molecular weight is 315 g/mol. The zero-order valence-electron chi connectivity index (χ0n) is 10.7. The van der Waals surface area contributed by atoms with Crippen molar-refractivity contribution in [3.05, 3.63) is 63.8 Å². The highest BCUT2D eigenvalue weighted by atomic mass is 79.9. The molecule has 2 nitrogen and oxygen atoms in total. The van der Waals surface area contributed by atoms with Gasteiger partial charge in [0.15, 0.2) is 0 Å². The largest absolute Gasteiger partial charge is 0.387 e. The summed E-state index contributed by atoms with van der Waals surface area (Å²) >= 11 is 3.57. The van der Waals surface area contributed by atoms with Crippen molar-refractivity contribution >= 4 is 33.4 Å². The Morgan fingerprint density at radius 3 is 2.79 bits per heavy atom. The summed E-state index contributed by atoms with van der Waals surface area (Å²) in [6.07, 6.45) is 3.17. The summed E-state index contributed by atoms with van der Waals surface area (Å²) in [6.45, 7) is 0. The van der Waals surface area contributed by atoms with Gasteiger partial charge in [0.25, 0.3) is 0 Å². The molecule has 19 heavy (non-hydrogen) atoms. The molecule has 1 heterocycles. The van der Waals surface area contributed by atoms with Crippen LogP contribution in [0.25, 0.3) is 6.08 Å². The monoisotopic (exact) mass is 314 g/mol. The molecule has 0 unspecified atom stereocenters. The summed E-state index contributed by atoms with van der Waals surface area (Å²) in [5, 5.41) is 6.61. The molecule has 3 heteroatoms. The fourth-order valence-electron chi connectivity index (χ4n) is 2.33. The minimum atomic E-state index is 0.974. The van der Waals surface area contributed by atoms with Gasteiger partial charge >= 0.3 is 0 Å². The molecule has 0 spiro atoms. The summed E-state index contributed by atoms with van der Waals surface area (Å²) in [4.78, 5) is 0. The number of fused-ring (bicyclic) bond motifs is 1. The second-order valence-corrected chi connectivity index (χ2v) is 5.47. The van der Waals surface area contributed by atoms with E-state index in [1.165, 1.54) is 22.5 Å². The Morgan fingerprint density at radius 2 is 2.05 bits per heavy atom. The van der Waals surface area contributed by atoms with Gasteiger partial charge in [0.05, 0.1) is 0 Å². The van der Waals surface area contributed by atoms with Crippen LogP contribution in [0.3, 0.4) is 0 Å². The number of halogens is 1. The SMILES string of the molecule is CNc1ccc(/C=C2/Cc3ccccc3N2)cc1Br. The summed E-state index contributed by atoms with van der Waals surface area (Å²) in [6, 6.07) is 14.8. The standard InChI is InChI=1S/C16H15BrN2/c1-18-16-7-6-11(9-14(16)17)8-13-10-12-4-2-3-5-15(12)19-13/h2-9,18-19H,10H2,1H3/b13-8-. The number of hydrogen-bond donors (Lipinski definition) is 2. The van der Waals surface area contributed by atoms with E-state index in [1.807, 2.05) is 7.05 Å². The maximum atomic E-state index is 3.57. The lowest BCUT2D eigenvalue weighted by molar-refractivity contribution is 1.26. The van der Waals surface area contributed by atoms with Crippen LogP contribution in [-0.2, 0) is 6.42 Å². The Kier molecular flexibility index (Phi) is 3.30. The number of nitrogens with one attached hydrogen (secondary N) is 2. The normalized spacial score (nSPS) is 15.2. The fraction of sp³-hybridized carbons (Fsp3) is 0.125. The number of hydrogen-bond acceptors (Lipinski definition) is 2. The highest BCUT2D eigenvalue weighted by molar-refractivity contribution is 9.10. The Bertz CT molecular complexity index is 620. The molecular formula is C16H15BrN2. The van der Waals surface area contributed by atoms with Crippen LogP contribution in [0.2, 0.25) is 0 Å². The van der Waals surface area contributed by atoms with E-state index in [2.05, 4.69) is 75.1 Å². The van der Waals surface area contributed by atoms with Crippen molar-refractivity contribution in [3.8, 4) is 0 Å². The molecule has 1 aliphatic rings. The first-order valence-corrected chi connectivity index (χ1v) is 7.08. The zero-order chi connectivity index (χ0) is 13.2. The fourth-order valence-corrected chi connectivity index (χ4v) is 2.93. The van der Waals surface area contributed by atoms with Crippen molar-refractivity contribution in [2.24, 2.45) is 0 Å². The predicted octanol–water partition coefficient (Wildman–Crippen LogP) is 4.50. The van der Waals surface area contributed by atoms with E-state index in [9.17, 15) is 0 Å². The summed E-state index contributed by atoms with van der Waals surface area (Å²) in [5.41, 5.74) is 6.12. The lowest BCUT2D eigenvalue weighted by Gasteiger charge is -2.05. The van der Waals surface area contributed by atoms with Gasteiger partial charge < -0.3 is 10.6 Å². The van der Waals surface area contributed by atoms with Gasteiger partial charge in [-0.15, -0.1) is 0 Å². The molecule has 2 aromatic rings. The number of para-hydroxylation sites is 1. The zero-order valence-corrected chi connectivity index (χ0v) is 12.3. The Morgan fingerprint density at radius 1 is 1.21 bits per heavy atom. The van der Waals surface area contributed by atoms with Crippen LogP contribution in [-0.4, -0.2) is 7.05 Å². The molecule has 2 aromatic carbocycles. The van der Waals surface area contributed by atoms with Gasteiger partial charge in [0, 0.05) is 35.0 Å². The average Bonchev–Trinajstić information content (AvgIpc) is 2.81. The number of anilines is 2. The first kappa shape index (κ1) is 12.3. The van der Waals surface area contributed by atoms with E-state index < -0.39 is 0 Å². The Hall–Kier alpha value is -1.74. The number of allylic oxidation sites excluding steroid dienone is 1. The minimum Gasteiger partial charge on any atom is -0.387 e. The smallest absolute Gasteiger partial charge is 0.0482 e. The topological polar surface area (TPSA) is 24.1 Å². The van der Waals surface area contributed by atoms with Crippen molar-refractivity contribution in [2.75, 3.05) is 17.7 Å². The Labute approximate surface area is 121 Å². The molecule has 0 fully saturated rings. The molecule has 0 radical (unpaired) electrons. The van der Waals surface area contributed by atoms with Crippen molar-refractivity contribution in [1.29, 1.82) is 0 Å². The number of rotatable bonds is 2. The highest BCUT2D eigenvalue weighted by Crippen LogP contribution is 2.30.